The molecule has 3 rings (SSSR count). The summed E-state index contributed by atoms with van der Waals surface area (Å²) < 4.78 is 11.0. The van der Waals surface area contributed by atoms with Crippen LogP contribution in [0.4, 0.5) is 5.69 Å². The molecule has 2 aromatic rings. The molecule has 0 spiro atoms. The number of pyridine rings is 1. The highest BCUT2D eigenvalue weighted by atomic mass is 35.5. The summed E-state index contributed by atoms with van der Waals surface area (Å²) in [6, 6.07) is 3.68. The molecule has 5 heteroatoms. The molecule has 0 saturated heterocycles. The van der Waals surface area contributed by atoms with Crippen LogP contribution in [0.3, 0.4) is 0 Å². The van der Waals surface area contributed by atoms with Gasteiger partial charge in [-0.1, -0.05) is 11.6 Å². The predicted molar refractivity (Wildman–Crippen MR) is 76.2 cm³/mol. The molecular formula is C14H15ClN2O2. The molecule has 100 valence electrons. The molecule has 1 aromatic heterocycles. The molecule has 0 aliphatic carbocycles. The average Bonchev–Trinajstić information content (AvgIpc) is 2.46. The number of fused-ring (bicyclic) bond motifs is 2. The van der Waals surface area contributed by atoms with Gasteiger partial charge in [-0.25, -0.2) is 0 Å². The van der Waals surface area contributed by atoms with Gasteiger partial charge in [0.15, 0.2) is 0 Å². The van der Waals surface area contributed by atoms with Crippen molar-refractivity contribution in [2.24, 2.45) is 0 Å². The second-order valence-electron chi connectivity index (χ2n) is 4.44. The number of methoxy groups -OCH3 is 1. The molecule has 1 N–H and O–H groups in total. The van der Waals surface area contributed by atoms with Gasteiger partial charge in [-0.15, -0.1) is 0 Å². The lowest BCUT2D eigenvalue weighted by molar-refractivity contribution is 0.110. The number of nitrogens with zero attached hydrogens (tertiary/aromatic N) is 1. The summed E-state index contributed by atoms with van der Waals surface area (Å²) in [4.78, 5) is 4.70. The Labute approximate surface area is 116 Å². The zero-order valence-corrected chi connectivity index (χ0v) is 11.7. The van der Waals surface area contributed by atoms with Crippen LogP contribution in [0.2, 0.25) is 5.02 Å². The summed E-state index contributed by atoms with van der Waals surface area (Å²) in [6.45, 7) is 1.28. The molecule has 0 amide bonds. The molecule has 0 unspecified atom stereocenters. The molecule has 0 radical (unpaired) electrons. The molecule has 19 heavy (non-hydrogen) atoms. The number of ether oxygens (including phenoxy) is 2. The van der Waals surface area contributed by atoms with Crippen LogP contribution < -0.4 is 10.1 Å². The van der Waals surface area contributed by atoms with E-state index >= 15 is 0 Å². The van der Waals surface area contributed by atoms with Crippen LogP contribution in [-0.4, -0.2) is 25.7 Å². The summed E-state index contributed by atoms with van der Waals surface area (Å²) >= 11 is 6.28. The molecule has 0 saturated carbocycles. The van der Waals surface area contributed by atoms with E-state index in [0.717, 1.165) is 40.0 Å². The van der Waals surface area contributed by atoms with Crippen LogP contribution in [0.5, 0.6) is 5.75 Å². The van der Waals surface area contributed by atoms with E-state index < -0.39 is 0 Å². The predicted octanol–water partition coefficient (Wildman–Crippen LogP) is 3.01. The average molecular weight is 279 g/mol. The van der Waals surface area contributed by atoms with Crippen molar-refractivity contribution in [2.75, 3.05) is 26.1 Å². The van der Waals surface area contributed by atoms with Crippen LogP contribution in [0, 0.1) is 0 Å². The van der Waals surface area contributed by atoms with Crippen molar-refractivity contribution in [1.82, 2.24) is 4.98 Å². The lowest BCUT2D eigenvalue weighted by Crippen LogP contribution is -2.14. The van der Waals surface area contributed by atoms with Gasteiger partial charge in [0.05, 0.1) is 47.6 Å². The van der Waals surface area contributed by atoms with E-state index in [1.165, 1.54) is 0 Å². The first-order valence-corrected chi connectivity index (χ1v) is 6.57. The third-order valence-electron chi connectivity index (χ3n) is 3.44. The molecule has 1 aliphatic heterocycles. The lowest BCUT2D eigenvalue weighted by atomic mass is 10.0. The van der Waals surface area contributed by atoms with Crippen molar-refractivity contribution in [1.29, 1.82) is 0 Å². The number of rotatable bonds is 2. The number of hydrogen-bond donors (Lipinski definition) is 1. The van der Waals surface area contributed by atoms with Gasteiger partial charge >= 0.3 is 0 Å². The Morgan fingerprint density at radius 2 is 2.26 bits per heavy atom. The van der Waals surface area contributed by atoms with Crippen molar-refractivity contribution in [3.8, 4) is 5.75 Å². The van der Waals surface area contributed by atoms with Gasteiger partial charge in [-0.05, 0) is 12.1 Å². The molecule has 2 heterocycles. The molecule has 0 bridgehead atoms. The zero-order chi connectivity index (χ0) is 13.4. The fourth-order valence-electron chi connectivity index (χ4n) is 2.55. The molecule has 0 fully saturated rings. The van der Waals surface area contributed by atoms with Gasteiger partial charge in [0.2, 0.25) is 0 Å². The fraction of sp³-hybridized carbons (Fsp3) is 0.357. The monoisotopic (exact) mass is 278 g/mol. The lowest BCUT2D eigenvalue weighted by Gasteiger charge is -2.22. The van der Waals surface area contributed by atoms with Gasteiger partial charge < -0.3 is 14.8 Å². The minimum atomic E-state index is 0.574. The van der Waals surface area contributed by atoms with Crippen molar-refractivity contribution in [3.63, 3.8) is 0 Å². The Balaban J connectivity index is 2.42. The first-order valence-electron chi connectivity index (χ1n) is 6.19. The summed E-state index contributed by atoms with van der Waals surface area (Å²) in [5.74, 6) is 0.768. The van der Waals surface area contributed by atoms with Crippen molar-refractivity contribution in [2.45, 2.75) is 13.0 Å². The largest absolute Gasteiger partial charge is 0.496 e. The maximum Gasteiger partial charge on any atom is 0.130 e. The van der Waals surface area contributed by atoms with Gasteiger partial charge in [0, 0.05) is 19.0 Å². The quantitative estimate of drug-likeness (QED) is 0.917. The van der Waals surface area contributed by atoms with Crippen molar-refractivity contribution >= 4 is 28.2 Å². The molecule has 1 aliphatic rings. The smallest absolute Gasteiger partial charge is 0.130 e. The SMILES string of the molecule is CNc1c2c(nc3c(Cl)ccc(OC)c13)CCOC2. The Morgan fingerprint density at radius 3 is 3.00 bits per heavy atom. The third kappa shape index (κ3) is 1.91. The van der Waals surface area contributed by atoms with E-state index in [1.807, 2.05) is 19.2 Å². The van der Waals surface area contributed by atoms with Gasteiger partial charge in [-0.2, -0.15) is 0 Å². The van der Waals surface area contributed by atoms with E-state index in [4.69, 9.17) is 26.1 Å². The van der Waals surface area contributed by atoms with Crippen LogP contribution in [-0.2, 0) is 17.8 Å². The number of anilines is 1. The maximum absolute atomic E-state index is 6.28. The van der Waals surface area contributed by atoms with E-state index in [1.54, 1.807) is 7.11 Å². The molecule has 0 atom stereocenters. The molecular weight excluding hydrogens is 264 g/mol. The summed E-state index contributed by atoms with van der Waals surface area (Å²) in [5, 5.41) is 4.80. The van der Waals surface area contributed by atoms with Crippen LogP contribution in [0.25, 0.3) is 10.9 Å². The number of halogens is 1. The van der Waals surface area contributed by atoms with E-state index in [9.17, 15) is 0 Å². The van der Waals surface area contributed by atoms with Crippen LogP contribution >= 0.6 is 11.6 Å². The van der Waals surface area contributed by atoms with Crippen LogP contribution in [0.1, 0.15) is 11.3 Å². The number of benzene rings is 1. The Morgan fingerprint density at radius 1 is 1.42 bits per heavy atom. The van der Waals surface area contributed by atoms with E-state index in [2.05, 4.69) is 5.32 Å². The highest BCUT2D eigenvalue weighted by molar-refractivity contribution is 6.35. The van der Waals surface area contributed by atoms with Crippen molar-refractivity contribution in [3.05, 3.63) is 28.4 Å². The third-order valence-corrected chi connectivity index (χ3v) is 3.74. The summed E-state index contributed by atoms with van der Waals surface area (Å²) in [6.07, 6.45) is 0.813. The Kier molecular flexibility index (Phi) is 3.21. The highest BCUT2D eigenvalue weighted by Gasteiger charge is 2.21. The number of aromatic nitrogens is 1. The minimum absolute atomic E-state index is 0.574. The number of hydrogen-bond acceptors (Lipinski definition) is 4. The minimum Gasteiger partial charge on any atom is -0.496 e. The number of nitrogens with one attached hydrogen (secondary N) is 1. The topological polar surface area (TPSA) is 43.4 Å². The fourth-order valence-corrected chi connectivity index (χ4v) is 2.75. The first-order chi connectivity index (χ1) is 9.26. The zero-order valence-electron chi connectivity index (χ0n) is 10.9. The first kappa shape index (κ1) is 12.5. The van der Waals surface area contributed by atoms with Gasteiger partial charge in [0.25, 0.3) is 0 Å². The Bertz CT molecular complexity index is 643. The summed E-state index contributed by atoms with van der Waals surface area (Å²) in [7, 11) is 3.54. The normalized spacial score (nSPS) is 14.3. The molecule has 1 aromatic carbocycles. The maximum atomic E-state index is 6.28. The molecule has 4 nitrogen and oxygen atoms in total. The van der Waals surface area contributed by atoms with Crippen LogP contribution in [0.15, 0.2) is 12.1 Å². The standard InChI is InChI=1S/C14H15ClN2O2/c1-16-13-8-7-19-6-5-10(8)17-14-9(15)3-4-11(18-2)12(13)14/h3-4H,5-7H2,1-2H3,(H,16,17). The van der Waals surface area contributed by atoms with E-state index in [0.29, 0.717) is 18.2 Å². The van der Waals surface area contributed by atoms with Gasteiger partial charge in [-0.3, -0.25) is 4.98 Å². The Hall–Kier alpha value is -1.52. The second kappa shape index (κ2) is 4.87. The second-order valence-corrected chi connectivity index (χ2v) is 4.85. The van der Waals surface area contributed by atoms with E-state index in [-0.39, 0.29) is 0 Å². The highest BCUT2D eigenvalue weighted by Crippen LogP contribution is 2.39. The van der Waals surface area contributed by atoms with Gasteiger partial charge in [0.1, 0.15) is 5.75 Å². The summed E-state index contributed by atoms with van der Waals surface area (Å²) in [5.41, 5.74) is 3.94. The van der Waals surface area contributed by atoms with Crippen molar-refractivity contribution < 1.29 is 9.47 Å².